The van der Waals surface area contributed by atoms with Crippen LogP contribution >= 0.6 is 11.8 Å². The third kappa shape index (κ3) is 7.82. The summed E-state index contributed by atoms with van der Waals surface area (Å²) in [6.07, 6.45) is -0.116. The molecule has 0 spiro atoms. The molecule has 0 fully saturated rings. The Hall–Kier alpha value is -1.56. The molecule has 0 saturated carbocycles. The van der Waals surface area contributed by atoms with E-state index in [0.717, 1.165) is 5.75 Å². The van der Waals surface area contributed by atoms with Crippen LogP contribution < -0.4 is 0 Å². The molecule has 2 rings (SSSR count). The summed E-state index contributed by atoms with van der Waals surface area (Å²) in [5.41, 5.74) is 1.84. The highest BCUT2D eigenvalue weighted by molar-refractivity contribution is 7.99. The van der Waals surface area contributed by atoms with Gasteiger partial charge in [0.15, 0.2) is 8.32 Å². The zero-order valence-electron chi connectivity index (χ0n) is 17.8. The van der Waals surface area contributed by atoms with E-state index in [1.165, 1.54) is 10.5 Å². The van der Waals surface area contributed by atoms with Crippen molar-refractivity contribution in [3.63, 3.8) is 0 Å². The van der Waals surface area contributed by atoms with Crippen molar-refractivity contribution in [1.29, 1.82) is 0 Å². The summed E-state index contributed by atoms with van der Waals surface area (Å²) in [4.78, 5) is 13.7. The topological polar surface area (TPSA) is 35.5 Å². The van der Waals surface area contributed by atoms with Gasteiger partial charge < -0.3 is 9.16 Å². The van der Waals surface area contributed by atoms with Gasteiger partial charge in [0, 0.05) is 10.6 Å². The lowest BCUT2D eigenvalue weighted by molar-refractivity contribution is 0.0336. The molecule has 28 heavy (non-hydrogen) atoms. The molecule has 152 valence electrons. The Kier molecular flexibility index (Phi) is 7.93. The minimum atomic E-state index is -1.74. The number of ether oxygens (including phenoxy) is 1. The average Bonchev–Trinajstić information content (AvgIpc) is 2.63. The second kappa shape index (κ2) is 9.77. The summed E-state index contributed by atoms with van der Waals surface area (Å²) in [6, 6.07) is 17.9. The van der Waals surface area contributed by atoms with Crippen LogP contribution in [0.15, 0.2) is 59.5 Å². The highest BCUT2D eigenvalue weighted by Gasteiger charge is 2.23. The predicted octanol–water partition coefficient (Wildman–Crippen LogP) is 6.15. The molecule has 1 atom stereocenters. The maximum absolute atomic E-state index is 12.5. The zero-order valence-corrected chi connectivity index (χ0v) is 19.6. The van der Waals surface area contributed by atoms with E-state index in [-0.39, 0.29) is 24.1 Å². The summed E-state index contributed by atoms with van der Waals surface area (Å²) in [7, 11) is -1.74. The Morgan fingerprint density at radius 2 is 1.61 bits per heavy atom. The second-order valence-electron chi connectivity index (χ2n) is 8.90. The number of carbonyl (C=O) groups is 1. The van der Waals surface area contributed by atoms with Crippen LogP contribution in [0.4, 0.5) is 0 Å². The van der Waals surface area contributed by atoms with Crippen LogP contribution in [-0.2, 0) is 14.6 Å². The SMILES string of the molecule is CC(C)(C)c1ccc(C(=O)OCC(CSc2ccccc2)O[Si](C)(C)C)cc1. The maximum atomic E-state index is 12.5. The molecule has 0 aliphatic carbocycles. The van der Waals surface area contributed by atoms with Crippen molar-refractivity contribution in [2.75, 3.05) is 12.4 Å². The van der Waals surface area contributed by atoms with Crippen molar-refractivity contribution in [2.45, 2.75) is 56.8 Å². The van der Waals surface area contributed by atoms with Crippen molar-refractivity contribution in [3.8, 4) is 0 Å². The Morgan fingerprint density at radius 1 is 1.00 bits per heavy atom. The molecule has 0 saturated heterocycles. The summed E-state index contributed by atoms with van der Waals surface area (Å²) in [5, 5.41) is 0. The van der Waals surface area contributed by atoms with Crippen molar-refractivity contribution in [3.05, 3.63) is 65.7 Å². The zero-order chi connectivity index (χ0) is 20.8. The van der Waals surface area contributed by atoms with E-state index in [0.29, 0.717) is 5.56 Å². The highest BCUT2D eigenvalue weighted by Crippen LogP contribution is 2.23. The van der Waals surface area contributed by atoms with Crippen LogP contribution in [0.5, 0.6) is 0 Å². The molecule has 0 aromatic heterocycles. The van der Waals surface area contributed by atoms with Crippen LogP contribution in [0.1, 0.15) is 36.7 Å². The van der Waals surface area contributed by atoms with Crippen LogP contribution in [-0.4, -0.2) is 32.8 Å². The third-order valence-electron chi connectivity index (χ3n) is 4.09. The maximum Gasteiger partial charge on any atom is 0.338 e. The standard InChI is InChI=1S/C23H32O3SSi/c1-23(2,3)19-14-12-18(13-15-19)22(24)25-16-20(26-28(4,5)6)17-27-21-10-8-7-9-11-21/h7-15,20H,16-17H2,1-6H3. The highest BCUT2D eigenvalue weighted by atomic mass is 32.2. The monoisotopic (exact) mass is 416 g/mol. The summed E-state index contributed by atoms with van der Waals surface area (Å²) >= 11 is 1.73. The first-order valence-electron chi connectivity index (χ1n) is 9.68. The van der Waals surface area contributed by atoms with E-state index >= 15 is 0 Å². The number of thioether (sulfide) groups is 1. The molecule has 0 radical (unpaired) electrons. The first-order chi connectivity index (χ1) is 13.0. The molecule has 0 heterocycles. The van der Waals surface area contributed by atoms with Gasteiger partial charge in [0.05, 0.1) is 11.7 Å². The van der Waals surface area contributed by atoms with Gasteiger partial charge in [-0.25, -0.2) is 4.79 Å². The van der Waals surface area contributed by atoms with E-state index in [2.05, 4.69) is 52.5 Å². The lowest BCUT2D eigenvalue weighted by Gasteiger charge is -2.26. The van der Waals surface area contributed by atoms with Gasteiger partial charge >= 0.3 is 5.97 Å². The first kappa shape index (κ1) is 22.7. The molecule has 2 aromatic carbocycles. The summed E-state index contributed by atoms with van der Waals surface area (Å²) < 4.78 is 11.8. The van der Waals surface area contributed by atoms with E-state index in [4.69, 9.17) is 9.16 Å². The van der Waals surface area contributed by atoms with Crippen molar-refractivity contribution < 1.29 is 14.0 Å². The number of hydrogen-bond donors (Lipinski definition) is 0. The van der Waals surface area contributed by atoms with Gasteiger partial charge in [-0.1, -0.05) is 51.1 Å². The van der Waals surface area contributed by atoms with Crippen molar-refractivity contribution in [1.82, 2.24) is 0 Å². The van der Waals surface area contributed by atoms with E-state index in [9.17, 15) is 4.79 Å². The normalized spacial score (nSPS) is 13.2. The molecule has 3 nitrogen and oxygen atoms in total. The van der Waals surface area contributed by atoms with E-state index in [1.807, 2.05) is 42.5 Å². The molecule has 2 aromatic rings. The molecular weight excluding hydrogens is 384 g/mol. The van der Waals surface area contributed by atoms with Crippen molar-refractivity contribution in [2.24, 2.45) is 0 Å². The number of hydrogen-bond acceptors (Lipinski definition) is 4. The van der Waals surface area contributed by atoms with E-state index in [1.54, 1.807) is 11.8 Å². The molecule has 0 N–H and O–H groups in total. The minimum Gasteiger partial charge on any atom is -0.459 e. The largest absolute Gasteiger partial charge is 0.459 e. The quantitative estimate of drug-likeness (QED) is 0.293. The van der Waals surface area contributed by atoms with Crippen molar-refractivity contribution >= 4 is 26.0 Å². The van der Waals surface area contributed by atoms with Gasteiger partial charge in [0.25, 0.3) is 0 Å². The Balaban J connectivity index is 1.96. The second-order valence-corrected chi connectivity index (χ2v) is 14.5. The smallest absolute Gasteiger partial charge is 0.338 e. The third-order valence-corrected chi connectivity index (χ3v) is 6.27. The Morgan fingerprint density at radius 3 is 2.14 bits per heavy atom. The van der Waals surface area contributed by atoms with Crippen LogP contribution in [0.3, 0.4) is 0 Å². The molecular formula is C23H32O3SSi. The Labute approximate surface area is 175 Å². The van der Waals surface area contributed by atoms with Gasteiger partial charge in [-0.3, -0.25) is 0 Å². The molecule has 0 aliphatic heterocycles. The fourth-order valence-electron chi connectivity index (χ4n) is 2.68. The van der Waals surface area contributed by atoms with Gasteiger partial charge in [-0.05, 0) is 54.9 Å². The fraction of sp³-hybridized carbons (Fsp3) is 0.435. The molecule has 1 unspecified atom stereocenters. The Bertz CT molecular complexity index is 746. The van der Waals surface area contributed by atoms with Crippen LogP contribution in [0.25, 0.3) is 0 Å². The lowest BCUT2D eigenvalue weighted by atomic mass is 9.87. The number of carbonyl (C=O) groups excluding carboxylic acids is 1. The van der Waals surface area contributed by atoms with Gasteiger partial charge in [0.2, 0.25) is 0 Å². The van der Waals surface area contributed by atoms with Crippen LogP contribution in [0.2, 0.25) is 19.6 Å². The number of benzene rings is 2. The average molecular weight is 417 g/mol. The number of esters is 1. The van der Waals surface area contributed by atoms with Gasteiger partial charge in [-0.2, -0.15) is 0 Å². The van der Waals surface area contributed by atoms with E-state index < -0.39 is 8.32 Å². The van der Waals surface area contributed by atoms with Crippen LogP contribution in [0, 0.1) is 0 Å². The first-order valence-corrected chi connectivity index (χ1v) is 14.1. The molecule has 0 aliphatic rings. The summed E-state index contributed by atoms with van der Waals surface area (Å²) in [6.45, 7) is 13.2. The molecule has 5 heteroatoms. The molecule has 0 bridgehead atoms. The predicted molar refractivity (Wildman–Crippen MR) is 121 cm³/mol. The molecule has 0 amide bonds. The number of rotatable bonds is 8. The summed E-state index contributed by atoms with van der Waals surface area (Å²) in [5.74, 6) is 0.458. The minimum absolute atomic E-state index is 0.0629. The van der Waals surface area contributed by atoms with Gasteiger partial charge in [0.1, 0.15) is 6.61 Å². The lowest BCUT2D eigenvalue weighted by Crippen LogP contribution is -2.36. The van der Waals surface area contributed by atoms with Gasteiger partial charge in [-0.15, -0.1) is 11.8 Å². The fourth-order valence-corrected chi connectivity index (χ4v) is 4.84.